The SMILES string of the molecule is CCOC(=O)c1c(NC(=O)[C@](F)(OC)C(F)(F)F)sc(C(=O)N2CCCCC2)c1C. The van der Waals surface area contributed by atoms with E-state index in [4.69, 9.17) is 4.74 Å². The number of carbonyl (C=O) groups is 3. The molecule has 168 valence electrons. The van der Waals surface area contributed by atoms with Crippen molar-refractivity contribution in [2.45, 2.75) is 45.1 Å². The van der Waals surface area contributed by atoms with Crippen LogP contribution >= 0.6 is 11.3 Å². The Labute approximate surface area is 174 Å². The van der Waals surface area contributed by atoms with E-state index in [0.29, 0.717) is 31.5 Å². The zero-order valence-corrected chi connectivity index (χ0v) is 17.5. The van der Waals surface area contributed by atoms with Gasteiger partial charge in [-0.1, -0.05) is 0 Å². The number of carbonyl (C=O) groups excluding carboxylic acids is 3. The van der Waals surface area contributed by atoms with E-state index in [1.165, 1.54) is 13.8 Å². The van der Waals surface area contributed by atoms with Gasteiger partial charge in [0.15, 0.2) is 0 Å². The lowest BCUT2D eigenvalue weighted by molar-refractivity contribution is -0.305. The molecule has 1 N–H and O–H groups in total. The Morgan fingerprint density at radius 2 is 1.73 bits per heavy atom. The lowest BCUT2D eigenvalue weighted by atomic mass is 10.1. The number of esters is 1. The molecule has 1 atom stereocenters. The minimum Gasteiger partial charge on any atom is -0.462 e. The van der Waals surface area contributed by atoms with Gasteiger partial charge in [-0.2, -0.15) is 17.6 Å². The van der Waals surface area contributed by atoms with Crippen molar-refractivity contribution in [1.29, 1.82) is 0 Å². The maximum Gasteiger partial charge on any atom is 0.458 e. The van der Waals surface area contributed by atoms with Crippen LogP contribution in [-0.4, -0.2) is 61.5 Å². The summed E-state index contributed by atoms with van der Waals surface area (Å²) >= 11 is 0.594. The molecular weight excluding hydrogens is 432 g/mol. The van der Waals surface area contributed by atoms with Crippen LogP contribution in [0.4, 0.5) is 22.6 Å². The molecule has 7 nitrogen and oxygen atoms in total. The average molecular weight is 454 g/mol. The van der Waals surface area contributed by atoms with Crippen LogP contribution < -0.4 is 5.32 Å². The van der Waals surface area contributed by atoms with Gasteiger partial charge in [0.2, 0.25) is 0 Å². The first-order valence-corrected chi connectivity index (χ1v) is 10.0. The second kappa shape index (κ2) is 9.29. The summed E-state index contributed by atoms with van der Waals surface area (Å²) in [6.45, 7) is 3.87. The third-order valence-electron chi connectivity index (χ3n) is 4.63. The van der Waals surface area contributed by atoms with Gasteiger partial charge in [-0.25, -0.2) is 4.79 Å². The molecule has 1 aromatic heterocycles. The molecule has 12 heteroatoms. The number of methoxy groups -OCH3 is 1. The summed E-state index contributed by atoms with van der Waals surface area (Å²) in [6.07, 6.45) is -3.09. The summed E-state index contributed by atoms with van der Waals surface area (Å²) in [5.41, 5.74) is -0.158. The highest BCUT2D eigenvalue weighted by Gasteiger charge is 2.63. The van der Waals surface area contributed by atoms with Crippen LogP contribution in [0, 0.1) is 6.92 Å². The number of rotatable bonds is 6. The third-order valence-corrected chi connectivity index (χ3v) is 5.82. The molecule has 1 saturated heterocycles. The van der Waals surface area contributed by atoms with E-state index in [9.17, 15) is 31.9 Å². The van der Waals surface area contributed by atoms with Gasteiger partial charge in [0, 0.05) is 20.2 Å². The summed E-state index contributed by atoms with van der Waals surface area (Å²) in [4.78, 5) is 38.9. The number of amides is 2. The first-order chi connectivity index (χ1) is 14.0. The molecule has 0 radical (unpaired) electrons. The molecule has 1 aliphatic rings. The van der Waals surface area contributed by atoms with Gasteiger partial charge in [-0.3, -0.25) is 9.59 Å². The fraction of sp³-hybridized carbons (Fsp3) is 0.611. The highest BCUT2D eigenvalue weighted by atomic mass is 32.1. The topological polar surface area (TPSA) is 84.9 Å². The van der Waals surface area contributed by atoms with Crippen LogP contribution in [0.1, 0.15) is 51.8 Å². The van der Waals surface area contributed by atoms with Crippen LogP contribution in [0.5, 0.6) is 0 Å². The molecule has 0 saturated carbocycles. The molecule has 0 spiro atoms. The lowest BCUT2D eigenvalue weighted by Crippen LogP contribution is -2.52. The van der Waals surface area contributed by atoms with Crippen molar-refractivity contribution in [3.8, 4) is 0 Å². The molecule has 2 amide bonds. The maximum atomic E-state index is 14.2. The lowest BCUT2D eigenvalue weighted by Gasteiger charge is -2.26. The van der Waals surface area contributed by atoms with Crippen molar-refractivity contribution in [1.82, 2.24) is 4.90 Å². The second-order valence-corrected chi connectivity index (χ2v) is 7.61. The molecule has 0 aromatic carbocycles. The minimum atomic E-state index is -5.66. The molecule has 2 heterocycles. The number of hydrogen-bond donors (Lipinski definition) is 1. The van der Waals surface area contributed by atoms with Gasteiger partial charge in [0.05, 0.1) is 17.0 Å². The van der Waals surface area contributed by atoms with Crippen molar-refractivity contribution in [2.24, 2.45) is 0 Å². The quantitative estimate of drug-likeness (QED) is 0.524. The van der Waals surface area contributed by atoms with Crippen LogP contribution in [0.2, 0.25) is 0 Å². The molecule has 2 rings (SSSR count). The Hall–Kier alpha value is -2.21. The fourth-order valence-electron chi connectivity index (χ4n) is 3.02. The van der Waals surface area contributed by atoms with Crippen LogP contribution in [0.15, 0.2) is 0 Å². The number of alkyl halides is 4. The maximum absolute atomic E-state index is 14.2. The Kier molecular flexibility index (Phi) is 7.45. The number of nitrogens with zero attached hydrogens (tertiary/aromatic N) is 1. The largest absolute Gasteiger partial charge is 0.462 e. The Bertz CT molecular complexity index is 820. The number of hydrogen-bond acceptors (Lipinski definition) is 6. The molecular formula is C18H22F4N2O5S. The molecule has 1 aromatic rings. The van der Waals surface area contributed by atoms with Gasteiger partial charge in [-0.05, 0) is 38.7 Å². The summed E-state index contributed by atoms with van der Waals surface area (Å²) in [6, 6.07) is 0. The normalized spacial score (nSPS) is 16.7. The molecule has 30 heavy (non-hydrogen) atoms. The van der Waals surface area contributed by atoms with Gasteiger partial charge in [0.25, 0.3) is 5.91 Å². The summed E-state index contributed by atoms with van der Waals surface area (Å²) in [7, 11) is 0.393. The van der Waals surface area contributed by atoms with Crippen LogP contribution in [0.25, 0.3) is 0 Å². The van der Waals surface area contributed by atoms with Crippen molar-refractivity contribution in [3.05, 3.63) is 16.0 Å². The Morgan fingerprint density at radius 1 is 1.13 bits per heavy atom. The molecule has 1 aliphatic heterocycles. The first-order valence-electron chi connectivity index (χ1n) is 9.19. The highest BCUT2D eigenvalue weighted by Crippen LogP contribution is 2.39. The highest BCUT2D eigenvalue weighted by molar-refractivity contribution is 7.18. The zero-order valence-electron chi connectivity index (χ0n) is 16.7. The number of piperidine rings is 1. The van der Waals surface area contributed by atoms with Gasteiger partial charge >= 0.3 is 23.9 Å². The van der Waals surface area contributed by atoms with Crippen molar-refractivity contribution < 1.29 is 41.4 Å². The minimum absolute atomic E-state index is 0.0510. The van der Waals surface area contributed by atoms with Gasteiger partial charge in [-0.15, -0.1) is 11.3 Å². The predicted molar refractivity (Wildman–Crippen MR) is 100 cm³/mol. The van der Waals surface area contributed by atoms with Crippen molar-refractivity contribution in [2.75, 3.05) is 32.1 Å². The summed E-state index contributed by atoms with van der Waals surface area (Å²) in [5, 5.41) is 1.34. The number of likely N-dealkylation sites (tertiary alicyclic amines) is 1. The van der Waals surface area contributed by atoms with E-state index in [2.05, 4.69) is 4.74 Å². The molecule has 0 unspecified atom stereocenters. The van der Waals surface area contributed by atoms with E-state index in [1.54, 1.807) is 10.2 Å². The van der Waals surface area contributed by atoms with Crippen LogP contribution in [0.3, 0.4) is 0 Å². The number of nitrogens with one attached hydrogen (secondary N) is 1. The van der Waals surface area contributed by atoms with E-state index < -0.39 is 34.8 Å². The second-order valence-electron chi connectivity index (χ2n) is 6.58. The summed E-state index contributed by atoms with van der Waals surface area (Å²) in [5.74, 6) is -8.17. The fourth-order valence-corrected chi connectivity index (χ4v) is 4.17. The summed E-state index contributed by atoms with van der Waals surface area (Å²) < 4.78 is 61.8. The van der Waals surface area contributed by atoms with Crippen molar-refractivity contribution >= 4 is 34.1 Å². The molecule has 1 fully saturated rings. The van der Waals surface area contributed by atoms with Gasteiger partial charge < -0.3 is 19.7 Å². The number of anilines is 1. The van der Waals surface area contributed by atoms with Crippen LogP contribution in [-0.2, 0) is 14.3 Å². The number of thiophene rings is 1. The van der Waals surface area contributed by atoms with Gasteiger partial charge in [0.1, 0.15) is 5.00 Å². The van der Waals surface area contributed by atoms with E-state index in [1.807, 2.05) is 0 Å². The monoisotopic (exact) mass is 454 g/mol. The zero-order chi connectivity index (χ0) is 22.7. The Morgan fingerprint density at radius 3 is 2.23 bits per heavy atom. The standard InChI is InChI=1S/C18H22F4N2O5S/c1-4-29-15(26)11-10(2)12(14(25)24-8-6-5-7-9-24)30-13(11)23-16(27)17(19,28-3)18(20,21)22/h4-9H2,1-3H3,(H,23,27)/t17-/m0/s1. The van der Waals surface area contributed by atoms with E-state index in [-0.39, 0.29) is 22.6 Å². The third kappa shape index (κ3) is 4.59. The van der Waals surface area contributed by atoms with E-state index >= 15 is 0 Å². The predicted octanol–water partition coefficient (Wildman–Crippen LogP) is 3.67. The number of halogens is 4. The molecule has 0 bridgehead atoms. The van der Waals surface area contributed by atoms with E-state index in [0.717, 1.165) is 19.3 Å². The van der Waals surface area contributed by atoms with Crippen molar-refractivity contribution in [3.63, 3.8) is 0 Å². The first kappa shape index (κ1) is 24.1. The number of ether oxygens (including phenoxy) is 2. The average Bonchev–Trinajstić information content (AvgIpc) is 3.02. The molecule has 0 aliphatic carbocycles. The smallest absolute Gasteiger partial charge is 0.458 e. The Balaban J connectivity index is 2.46.